The number of rotatable bonds is 4. The lowest BCUT2D eigenvalue weighted by Gasteiger charge is -2.28. The fraction of sp³-hybridized carbons (Fsp3) is 0.615. The maximum atomic E-state index is 11.2. The van der Waals surface area contributed by atoms with Crippen molar-refractivity contribution in [3.63, 3.8) is 0 Å². The van der Waals surface area contributed by atoms with Crippen LogP contribution in [-0.4, -0.2) is 36.6 Å². The molecule has 1 aliphatic rings. The number of piperidine rings is 1. The third kappa shape index (κ3) is 3.20. The highest BCUT2D eigenvalue weighted by molar-refractivity contribution is 5.61. The lowest BCUT2D eigenvalue weighted by Crippen LogP contribution is -2.37. The SMILES string of the molecule is Cc1ccnc(N(C)CC2CCCNC2)c1[N+](=O)[O-]. The summed E-state index contributed by atoms with van der Waals surface area (Å²) in [5, 5.41) is 14.5. The quantitative estimate of drug-likeness (QED) is 0.662. The number of pyridine rings is 1. The number of aromatic nitrogens is 1. The second kappa shape index (κ2) is 5.97. The van der Waals surface area contributed by atoms with Crippen LogP contribution in [-0.2, 0) is 0 Å². The molecule has 6 heteroatoms. The fourth-order valence-corrected chi connectivity index (χ4v) is 2.59. The predicted octanol–water partition coefficient (Wildman–Crippen LogP) is 1.73. The van der Waals surface area contributed by atoms with E-state index in [4.69, 9.17) is 0 Å². The van der Waals surface area contributed by atoms with Crippen LogP contribution in [0.5, 0.6) is 0 Å². The summed E-state index contributed by atoms with van der Waals surface area (Å²) in [6.45, 7) is 4.59. The van der Waals surface area contributed by atoms with Gasteiger partial charge >= 0.3 is 5.69 Å². The van der Waals surface area contributed by atoms with Crippen LogP contribution in [0.2, 0.25) is 0 Å². The molecule has 104 valence electrons. The normalized spacial score (nSPS) is 19.2. The Kier molecular flexibility index (Phi) is 4.31. The maximum absolute atomic E-state index is 11.2. The largest absolute Gasteiger partial charge is 0.354 e. The summed E-state index contributed by atoms with van der Waals surface area (Å²) in [4.78, 5) is 16.9. The first-order valence-corrected chi connectivity index (χ1v) is 6.61. The van der Waals surface area contributed by atoms with E-state index in [9.17, 15) is 10.1 Å². The molecule has 1 N–H and O–H groups in total. The lowest BCUT2D eigenvalue weighted by atomic mass is 9.99. The molecule has 1 fully saturated rings. The van der Waals surface area contributed by atoms with Gasteiger partial charge in [-0.1, -0.05) is 0 Å². The van der Waals surface area contributed by atoms with E-state index in [1.165, 1.54) is 6.42 Å². The summed E-state index contributed by atoms with van der Waals surface area (Å²) < 4.78 is 0. The van der Waals surface area contributed by atoms with Crippen LogP contribution in [0.3, 0.4) is 0 Å². The predicted molar refractivity (Wildman–Crippen MR) is 74.5 cm³/mol. The monoisotopic (exact) mass is 264 g/mol. The molecule has 1 aromatic rings. The van der Waals surface area contributed by atoms with Crippen LogP contribution >= 0.6 is 0 Å². The van der Waals surface area contributed by atoms with Gasteiger partial charge in [0.05, 0.1) is 4.92 Å². The van der Waals surface area contributed by atoms with Crippen molar-refractivity contribution in [1.82, 2.24) is 10.3 Å². The minimum atomic E-state index is -0.340. The summed E-state index contributed by atoms with van der Waals surface area (Å²) in [7, 11) is 1.88. The summed E-state index contributed by atoms with van der Waals surface area (Å²) in [6.07, 6.45) is 3.96. The number of hydrogen-bond donors (Lipinski definition) is 1. The van der Waals surface area contributed by atoms with Crippen LogP contribution in [0.4, 0.5) is 11.5 Å². The van der Waals surface area contributed by atoms with Crippen molar-refractivity contribution >= 4 is 11.5 Å². The summed E-state index contributed by atoms with van der Waals surface area (Å²) >= 11 is 0. The zero-order valence-electron chi connectivity index (χ0n) is 11.4. The molecule has 0 radical (unpaired) electrons. The lowest BCUT2D eigenvalue weighted by molar-refractivity contribution is -0.384. The fourth-order valence-electron chi connectivity index (χ4n) is 2.59. The molecule has 2 heterocycles. The smallest absolute Gasteiger partial charge is 0.314 e. The Morgan fingerprint density at radius 3 is 3.05 bits per heavy atom. The van der Waals surface area contributed by atoms with Crippen LogP contribution in [0, 0.1) is 23.0 Å². The second-order valence-electron chi connectivity index (χ2n) is 5.15. The molecule has 1 aliphatic heterocycles. The van der Waals surface area contributed by atoms with Crippen molar-refractivity contribution in [3.05, 3.63) is 27.9 Å². The molecule has 19 heavy (non-hydrogen) atoms. The molecular formula is C13H20N4O2. The Morgan fingerprint density at radius 1 is 1.63 bits per heavy atom. The minimum absolute atomic E-state index is 0.119. The van der Waals surface area contributed by atoms with Gasteiger partial charge in [0, 0.05) is 25.4 Å². The third-order valence-electron chi connectivity index (χ3n) is 3.58. The van der Waals surface area contributed by atoms with Crippen molar-refractivity contribution in [3.8, 4) is 0 Å². The number of nitrogens with one attached hydrogen (secondary N) is 1. The van der Waals surface area contributed by atoms with E-state index in [-0.39, 0.29) is 10.6 Å². The van der Waals surface area contributed by atoms with E-state index in [1.54, 1.807) is 19.2 Å². The molecule has 1 unspecified atom stereocenters. The van der Waals surface area contributed by atoms with Gasteiger partial charge in [-0.15, -0.1) is 0 Å². The van der Waals surface area contributed by atoms with Crippen molar-refractivity contribution in [1.29, 1.82) is 0 Å². The molecule has 1 atom stereocenters. The number of nitro groups is 1. The van der Waals surface area contributed by atoms with E-state index in [0.29, 0.717) is 17.3 Å². The zero-order valence-corrected chi connectivity index (χ0v) is 11.4. The Balaban J connectivity index is 2.16. The highest BCUT2D eigenvalue weighted by Gasteiger charge is 2.23. The molecule has 0 saturated carbocycles. The molecule has 0 spiro atoms. The van der Waals surface area contributed by atoms with E-state index in [0.717, 1.165) is 26.1 Å². The van der Waals surface area contributed by atoms with Crippen molar-refractivity contribution in [2.24, 2.45) is 5.92 Å². The van der Waals surface area contributed by atoms with E-state index in [1.807, 2.05) is 11.9 Å². The molecule has 1 saturated heterocycles. The maximum Gasteiger partial charge on any atom is 0.314 e. The summed E-state index contributed by atoms with van der Waals surface area (Å²) in [5.74, 6) is 0.997. The van der Waals surface area contributed by atoms with Crippen molar-refractivity contribution in [2.45, 2.75) is 19.8 Å². The van der Waals surface area contributed by atoms with Gasteiger partial charge in [0.2, 0.25) is 5.82 Å². The van der Waals surface area contributed by atoms with Crippen molar-refractivity contribution < 1.29 is 4.92 Å². The number of nitrogens with zero attached hydrogens (tertiary/aromatic N) is 3. The second-order valence-corrected chi connectivity index (χ2v) is 5.15. The van der Waals surface area contributed by atoms with Gasteiger partial charge in [-0.25, -0.2) is 4.98 Å². The molecule has 0 aromatic carbocycles. The minimum Gasteiger partial charge on any atom is -0.354 e. The highest BCUT2D eigenvalue weighted by atomic mass is 16.6. The first-order valence-electron chi connectivity index (χ1n) is 6.61. The number of hydrogen-bond acceptors (Lipinski definition) is 5. The molecule has 2 rings (SSSR count). The Morgan fingerprint density at radius 2 is 2.42 bits per heavy atom. The van der Waals surface area contributed by atoms with Gasteiger partial charge in [0.15, 0.2) is 0 Å². The van der Waals surface area contributed by atoms with Crippen LogP contribution in [0.15, 0.2) is 12.3 Å². The number of aryl methyl sites for hydroxylation is 1. The topological polar surface area (TPSA) is 71.3 Å². The average molecular weight is 264 g/mol. The zero-order chi connectivity index (χ0) is 13.8. The summed E-state index contributed by atoms with van der Waals surface area (Å²) in [5.41, 5.74) is 0.775. The first kappa shape index (κ1) is 13.7. The first-order chi connectivity index (χ1) is 9.09. The van der Waals surface area contributed by atoms with Gasteiger partial charge in [0.1, 0.15) is 0 Å². The highest BCUT2D eigenvalue weighted by Crippen LogP contribution is 2.29. The third-order valence-corrected chi connectivity index (χ3v) is 3.58. The number of anilines is 1. The van der Waals surface area contributed by atoms with E-state index < -0.39 is 0 Å². The van der Waals surface area contributed by atoms with Crippen LogP contribution in [0.25, 0.3) is 0 Å². The van der Waals surface area contributed by atoms with Crippen LogP contribution in [0.1, 0.15) is 18.4 Å². The Bertz CT molecular complexity index is 458. The average Bonchev–Trinajstić information content (AvgIpc) is 2.39. The summed E-state index contributed by atoms with van der Waals surface area (Å²) in [6, 6.07) is 1.68. The standard InChI is InChI=1S/C13H20N4O2/c1-10-5-7-15-13(12(10)17(18)19)16(2)9-11-4-3-6-14-8-11/h5,7,11,14H,3-4,6,8-9H2,1-2H3. The molecule has 1 aromatic heterocycles. The van der Waals surface area contributed by atoms with Gasteiger partial charge < -0.3 is 10.2 Å². The Labute approximate surface area is 113 Å². The van der Waals surface area contributed by atoms with Gasteiger partial charge in [-0.2, -0.15) is 0 Å². The molecule has 0 aliphatic carbocycles. The van der Waals surface area contributed by atoms with Gasteiger partial charge in [-0.05, 0) is 44.8 Å². The molecule has 0 bridgehead atoms. The van der Waals surface area contributed by atoms with Crippen LogP contribution < -0.4 is 10.2 Å². The molecule has 6 nitrogen and oxygen atoms in total. The molecule has 0 amide bonds. The van der Waals surface area contributed by atoms with Gasteiger partial charge in [0.25, 0.3) is 0 Å². The molecular weight excluding hydrogens is 244 g/mol. The van der Waals surface area contributed by atoms with E-state index in [2.05, 4.69) is 10.3 Å². The Hall–Kier alpha value is -1.69. The van der Waals surface area contributed by atoms with E-state index >= 15 is 0 Å². The van der Waals surface area contributed by atoms with Gasteiger partial charge in [-0.3, -0.25) is 10.1 Å². The van der Waals surface area contributed by atoms with Crippen molar-refractivity contribution in [2.75, 3.05) is 31.6 Å².